The Labute approximate surface area is 162 Å². The van der Waals surface area contributed by atoms with E-state index >= 15 is 0 Å². The van der Waals surface area contributed by atoms with Gasteiger partial charge in [-0.05, 0) is 19.8 Å². The summed E-state index contributed by atoms with van der Waals surface area (Å²) in [7, 11) is 0. The first-order valence-corrected chi connectivity index (χ1v) is 10.2. The third-order valence-corrected chi connectivity index (χ3v) is 4.85. The lowest BCUT2D eigenvalue weighted by atomic mass is 10.1. The van der Waals surface area contributed by atoms with Gasteiger partial charge in [-0.2, -0.15) is 4.99 Å². The number of imide groups is 1. The lowest BCUT2D eigenvalue weighted by Gasteiger charge is -2.34. The van der Waals surface area contributed by atoms with E-state index in [1.54, 1.807) is 11.8 Å². The molecule has 1 saturated heterocycles. The normalized spacial score (nSPS) is 20.6. The van der Waals surface area contributed by atoms with Crippen LogP contribution in [0.3, 0.4) is 0 Å². The molecule has 1 unspecified atom stereocenters. The van der Waals surface area contributed by atoms with Crippen molar-refractivity contribution in [3.63, 3.8) is 0 Å². The van der Waals surface area contributed by atoms with Crippen molar-refractivity contribution in [3.8, 4) is 0 Å². The second kappa shape index (κ2) is 11.0. The zero-order valence-electron chi connectivity index (χ0n) is 16.7. The maximum atomic E-state index is 12.1. The number of likely N-dealkylation sites (tertiary alicyclic amines) is 1. The SMILES string of the molecule is CCCCCCCCCC=CCN1C(N2C(=O)CCC2=O)=NC(C)=NC1N. The van der Waals surface area contributed by atoms with E-state index in [1.807, 2.05) is 6.08 Å². The van der Waals surface area contributed by atoms with Gasteiger partial charge >= 0.3 is 0 Å². The number of rotatable bonds is 10. The summed E-state index contributed by atoms with van der Waals surface area (Å²) in [6.45, 7) is 4.43. The fourth-order valence-electron chi connectivity index (χ4n) is 3.31. The third kappa shape index (κ3) is 6.27. The molecule has 0 radical (unpaired) electrons. The molecular formula is C20H33N5O2. The Morgan fingerprint density at radius 1 is 1.04 bits per heavy atom. The van der Waals surface area contributed by atoms with Crippen LogP contribution in [0.15, 0.2) is 22.1 Å². The number of carbonyl (C=O) groups excluding carboxylic acids is 2. The van der Waals surface area contributed by atoms with E-state index in [9.17, 15) is 9.59 Å². The van der Waals surface area contributed by atoms with Crippen molar-refractivity contribution in [1.82, 2.24) is 9.80 Å². The molecular weight excluding hydrogens is 342 g/mol. The summed E-state index contributed by atoms with van der Waals surface area (Å²) in [4.78, 5) is 35.6. The Hall–Kier alpha value is -2.02. The molecule has 2 amide bonds. The third-order valence-electron chi connectivity index (χ3n) is 4.85. The predicted octanol–water partition coefficient (Wildman–Crippen LogP) is 3.16. The number of hydrogen-bond donors (Lipinski definition) is 1. The molecule has 2 rings (SSSR count). The van der Waals surface area contributed by atoms with Crippen molar-refractivity contribution >= 4 is 23.6 Å². The number of allylic oxidation sites excluding steroid dienone is 1. The van der Waals surface area contributed by atoms with Gasteiger partial charge in [0.25, 0.3) is 0 Å². The number of nitrogens with zero attached hydrogens (tertiary/aromatic N) is 4. The number of carbonyl (C=O) groups is 2. The van der Waals surface area contributed by atoms with Crippen LogP contribution in [0.4, 0.5) is 0 Å². The molecule has 0 aromatic rings. The Kier molecular flexibility index (Phi) is 8.64. The van der Waals surface area contributed by atoms with Gasteiger partial charge in [-0.25, -0.2) is 9.89 Å². The molecule has 0 spiro atoms. The fraction of sp³-hybridized carbons (Fsp3) is 0.700. The van der Waals surface area contributed by atoms with Crippen LogP contribution >= 0.6 is 0 Å². The van der Waals surface area contributed by atoms with Crippen LogP contribution in [0.1, 0.15) is 78.1 Å². The minimum Gasteiger partial charge on any atom is -0.303 e. The maximum Gasteiger partial charge on any atom is 0.236 e. The summed E-state index contributed by atoms with van der Waals surface area (Å²) in [6, 6.07) is 0. The first-order chi connectivity index (χ1) is 13.0. The minimum absolute atomic E-state index is 0.224. The van der Waals surface area contributed by atoms with Crippen LogP contribution in [0.5, 0.6) is 0 Å². The molecule has 0 aliphatic carbocycles. The lowest BCUT2D eigenvalue weighted by molar-refractivity contribution is -0.134. The van der Waals surface area contributed by atoms with Crippen molar-refractivity contribution in [2.24, 2.45) is 15.7 Å². The van der Waals surface area contributed by atoms with E-state index in [4.69, 9.17) is 5.73 Å². The highest BCUT2D eigenvalue weighted by atomic mass is 16.2. The van der Waals surface area contributed by atoms with Gasteiger partial charge < -0.3 is 4.90 Å². The molecule has 150 valence electrons. The first-order valence-electron chi connectivity index (χ1n) is 10.2. The molecule has 7 nitrogen and oxygen atoms in total. The number of unbranched alkanes of at least 4 members (excludes halogenated alkanes) is 7. The molecule has 7 heteroatoms. The zero-order valence-corrected chi connectivity index (χ0v) is 16.7. The number of aliphatic imine (C=N–C) groups is 2. The van der Waals surface area contributed by atoms with Crippen molar-refractivity contribution in [3.05, 3.63) is 12.2 Å². The molecule has 0 aromatic carbocycles. The van der Waals surface area contributed by atoms with Gasteiger partial charge in [0.2, 0.25) is 17.8 Å². The summed E-state index contributed by atoms with van der Waals surface area (Å²) in [5.41, 5.74) is 6.11. The van der Waals surface area contributed by atoms with Crippen molar-refractivity contribution < 1.29 is 9.59 Å². The lowest BCUT2D eigenvalue weighted by Crippen LogP contribution is -2.55. The molecule has 1 fully saturated rings. The summed E-state index contributed by atoms with van der Waals surface area (Å²) in [5, 5.41) is 0. The quantitative estimate of drug-likeness (QED) is 0.361. The smallest absolute Gasteiger partial charge is 0.236 e. The van der Waals surface area contributed by atoms with Gasteiger partial charge in [0, 0.05) is 19.4 Å². The van der Waals surface area contributed by atoms with Gasteiger partial charge in [-0.1, -0.05) is 57.6 Å². The standard InChI is InChI=1S/C20H33N5O2/c1-3-4-5-6-7-8-9-10-11-12-15-24-19(21)22-16(2)23-20(24)25-17(26)13-14-18(25)27/h11-12,19H,3-10,13-15,21H2,1-2H3. The Balaban J connectivity index is 1.82. The predicted molar refractivity (Wildman–Crippen MR) is 108 cm³/mol. The molecule has 2 heterocycles. The van der Waals surface area contributed by atoms with Crippen molar-refractivity contribution in [1.29, 1.82) is 0 Å². The van der Waals surface area contributed by atoms with E-state index in [2.05, 4.69) is 23.0 Å². The van der Waals surface area contributed by atoms with Crippen LogP contribution in [-0.2, 0) is 9.59 Å². The molecule has 2 aliphatic heterocycles. The number of hydrogen-bond acceptors (Lipinski definition) is 6. The van der Waals surface area contributed by atoms with E-state index in [0.717, 1.165) is 11.3 Å². The van der Waals surface area contributed by atoms with Crippen molar-refractivity contribution in [2.75, 3.05) is 6.54 Å². The van der Waals surface area contributed by atoms with Crippen molar-refractivity contribution in [2.45, 2.75) is 84.3 Å². The summed E-state index contributed by atoms with van der Waals surface area (Å²) in [6.07, 6.45) is 14.0. The first kappa shape index (κ1) is 21.3. The molecule has 27 heavy (non-hydrogen) atoms. The average Bonchev–Trinajstić information content (AvgIpc) is 2.96. The van der Waals surface area contributed by atoms with E-state index in [-0.39, 0.29) is 24.7 Å². The van der Waals surface area contributed by atoms with Gasteiger partial charge in [-0.15, -0.1) is 0 Å². The monoisotopic (exact) mass is 375 g/mol. The van der Waals surface area contributed by atoms with Gasteiger partial charge in [0.1, 0.15) is 5.84 Å². The fourth-order valence-corrected chi connectivity index (χ4v) is 3.31. The van der Waals surface area contributed by atoms with Crippen LogP contribution < -0.4 is 5.73 Å². The number of guanidine groups is 1. The van der Waals surface area contributed by atoms with Gasteiger partial charge in [-0.3, -0.25) is 15.3 Å². The van der Waals surface area contributed by atoms with Gasteiger partial charge in [0.05, 0.1) is 0 Å². The molecule has 2 N–H and O–H groups in total. The zero-order chi connectivity index (χ0) is 19.6. The molecule has 0 bridgehead atoms. The Bertz CT molecular complexity index is 595. The topological polar surface area (TPSA) is 91.4 Å². The second-order valence-electron chi connectivity index (χ2n) is 7.16. The second-order valence-corrected chi connectivity index (χ2v) is 7.16. The molecule has 2 aliphatic rings. The average molecular weight is 376 g/mol. The van der Waals surface area contributed by atoms with Crippen LogP contribution in [0.2, 0.25) is 0 Å². The Morgan fingerprint density at radius 2 is 1.67 bits per heavy atom. The summed E-state index contributed by atoms with van der Waals surface area (Å²) >= 11 is 0. The number of amides is 2. The van der Waals surface area contributed by atoms with Crippen LogP contribution in [0.25, 0.3) is 0 Å². The maximum absolute atomic E-state index is 12.1. The number of amidine groups is 1. The summed E-state index contributed by atoms with van der Waals surface area (Å²) < 4.78 is 0. The highest BCUT2D eigenvalue weighted by Gasteiger charge is 2.38. The number of nitrogens with two attached hydrogens (primary N) is 1. The molecule has 0 saturated carbocycles. The van der Waals surface area contributed by atoms with Crippen LogP contribution in [-0.4, -0.2) is 46.2 Å². The van der Waals surface area contributed by atoms with Crippen LogP contribution in [0, 0.1) is 0 Å². The highest BCUT2D eigenvalue weighted by molar-refractivity contribution is 6.18. The largest absolute Gasteiger partial charge is 0.303 e. The van der Waals surface area contributed by atoms with E-state index in [1.165, 1.54) is 44.9 Å². The summed E-state index contributed by atoms with van der Waals surface area (Å²) in [5.74, 6) is 0.340. The Morgan fingerprint density at radius 3 is 2.33 bits per heavy atom. The van der Waals surface area contributed by atoms with E-state index in [0.29, 0.717) is 18.3 Å². The minimum atomic E-state index is -0.637. The molecule has 1 atom stereocenters. The van der Waals surface area contributed by atoms with Gasteiger partial charge in [0.15, 0.2) is 6.29 Å². The highest BCUT2D eigenvalue weighted by Crippen LogP contribution is 2.18. The van der Waals surface area contributed by atoms with E-state index < -0.39 is 6.29 Å². The molecule has 0 aromatic heterocycles.